The van der Waals surface area contributed by atoms with E-state index >= 15 is 0 Å². The van der Waals surface area contributed by atoms with Gasteiger partial charge in [0.15, 0.2) is 0 Å². The second kappa shape index (κ2) is 4.52. The fourth-order valence-electron chi connectivity index (χ4n) is 3.40. The summed E-state index contributed by atoms with van der Waals surface area (Å²) in [6.45, 7) is 0. The largest absolute Gasteiger partial charge is 0.349 e. The van der Waals surface area contributed by atoms with Crippen molar-refractivity contribution in [3.8, 4) is 0 Å². The van der Waals surface area contributed by atoms with E-state index in [4.69, 9.17) is 0 Å². The van der Waals surface area contributed by atoms with Crippen molar-refractivity contribution in [3.63, 3.8) is 0 Å². The third-order valence-electron chi connectivity index (χ3n) is 4.40. The van der Waals surface area contributed by atoms with Crippen LogP contribution in [-0.2, 0) is 0 Å². The summed E-state index contributed by atoms with van der Waals surface area (Å²) in [6, 6.07) is 9.98. The van der Waals surface area contributed by atoms with Gasteiger partial charge in [0, 0.05) is 11.6 Å². The van der Waals surface area contributed by atoms with Crippen molar-refractivity contribution in [1.82, 2.24) is 5.32 Å². The van der Waals surface area contributed by atoms with Crippen molar-refractivity contribution in [2.24, 2.45) is 11.8 Å². The summed E-state index contributed by atoms with van der Waals surface area (Å²) in [5.41, 5.74) is 0.786. The first kappa shape index (κ1) is 10.8. The van der Waals surface area contributed by atoms with Crippen LogP contribution in [0.2, 0.25) is 0 Å². The van der Waals surface area contributed by atoms with Crippen LogP contribution in [0.1, 0.15) is 42.5 Å². The number of benzene rings is 1. The van der Waals surface area contributed by atoms with Gasteiger partial charge in [-0.1, -0.05) is 31.0 Å². The first-order valence-corrected chi connectivity index (χ1v) is 6.69. The van der Waals surface area contributed by atoms with Gasteiger partial charge in [0.2, 0.25) is 0 Å². The number of carbonyl (C=O) groups is 1. The van der Waals surface area contributed by atoms with Gasteiger partial charge in [-0.3, -0.25) is 4.79 Å². The highest BCUT2D eigenvalue weighted by molar-refractivity contribution is 5.94. The standard InChI is InChI=1S/C15H19NO/c17-15(13-4-2-1-3-5-13)16-14-10-11-6-8-12(14)9-7-11/h1-5,11-12,14H,6-10H2,(H,16,17)/t11?,12?,14-/m1/s1. The lowest BCUT2D eigenvalue weighted by atomic mass is 9.68. The van der Waals surface area contributed by atoms with Crippen molar-refractivity contribution in [2.75, 3.05) is 0 Å². The van der Waals surface area contributed by atoms with Gasteiger partial charge in [0.1, 0.15) is 0 Å². The van der Waals surface area contributed by atoms with E-state index in [1.807, 2.05) is 30.3 Å². The van der Waals surface area contributed by atoms with E-state index in [-0.39, 0.29) is 5.91 Å². The second-order valence-electron chi connectivity index (χ2n) is 5.46. The number of hydrogen-bond acceptors (Lipinski definition) is 1. The van der Waals surface area contributed by atoms with Gasteiger partial charge in [-0.2, -0.15) is 0 Å². The molecule has 0 heterocycles. The normalized spacial score (nSPS) is 31.2. The lowest BCUT2D eigenvalue weighted by Crippen LogP contribution is -2.47. The third kappa shape index (κ3) is 2.21. The molecule has 2 heteroatoms. The Kier molecular flexibility index (Phi) is 2.87. The summed E-state index contributed by atoms with van der Waals surface area (Å²) >= 11 is 0. The van der Waals surface area contributed by atoms with Crippen LogP contribution < -0.4 is 5.32 Å². The van der Waals surface area contributed by atoms with Crippen LogP contribution in [0.5, 0.6) is 0 Å². The van der Waals surface area contributed by atoms with E-state index in [1.165, 1.54) is 32.1 Å². The van der Waals surface area contributed by atoms with Gasteiger partial charge in [-0.25, -0.2) is 0 Å². The van der Waals surface area contributed by atoms with Gasteiger partial charge in [-0.05, 0) is 43.2 Å². The molecular weight excluding hydrogens is 210 g/mol. The Hall–Kier alpha value is -1.31. The molecule has 3 fully saturated rings. The molecule has 1 aromatic carbocycles. The van der Waals surface area contributed by atoms with Crippen LogP contribution in [0, 0.1) is 11.8 Å². The summed E-state index contributed by atoms with van der Waals surface area (Å²) < 4.78 is 0. The van der Waals surface area contributed by atoms with Crippen LogP contribution in [0.4, 0.5) is 0 Å². The molecule has 1 N–H and O–H groups in total. The number of nitrogens with one attached hydrogen (secondary N) is 1. The van der Waals surface area contributed by atoms with Gasteiger partial charge in [0.05, 0.1) is 0 Å². The molecule has 0 spiro atoms. The first-order valence-electron chi connectivity index (χ1n) is 6.69. The van der Waals surface area contributed by atoms with Crippen molar-refractivity contribution < 1.29 is 4.79 Å². The molecule has 0 unspecified atom stereocenters. The molecule has 1 atom stereocenters. The van der Waals surface area contributed by atoms with Crippen LogP contribution >= 0.6 is 0 Å². The smallest absolute Gasteiger partial charge is 0.251 e. The zero-order chi connectivity index (χ0) is 11.7. The first-order chi connectivity index (χ1) is 8.33. The quantitative estimate of drug-likeness (QED) is 0.830. The Morgan fingerprint density at radius 1 is 1.06 bits per heavy atom. The topological polar surface area (TPSA) is 29.1 Å². The van der Waals surface area contributed by atoms with Gasteiger partial charge < -0.3 is 5.32 Å². The van der Waals surface area contributed by atoms with Gasteiger partial charge in [0.25, 0.3) is 5.91 Å². The fourth-order valence-corrected chi connectivity index (χ4v) is 3.40. The Labute approximate surface area is 102 Å². The predicted octanol–water partition coefficient (Wildman–Crippen LogP) is 3.00. The lowest BCUT2D eigenvalue weighted by Gasteiger charge is -2.42. The molecule has 4 rings (SSSR count). The lowest BCUT2D eigenvalue weighted by molar-refractivity contribution is 0.0810. The molecule has 3 saturated carbocycles. The average molecular weight is 229 g/mol. The van der Waals surface area contributed by atoms with Crippen molar-refractivity contribution >= 4 is 5.91 Å². The highest BCUT2D eigenvalue weighted by Gasteiger charge is 2.36. The maximum Gasteiger partial charge on any atom is 0.251 e. The SMILES string of the molecule is O=C(N[C@@H]1CC2CCC1CC2)c1ccccc1. The van der Waals surface area contributed by atoms with Crippen LogP contribution in [-0.4, -0.2) is 11.9 Å². The van der Waals surface area contributed by atoms with Crippen LogP contribution in [0.3, 0.4) is 0 Å². The minimum absolute atomic E-state index is 0.100. The van der Waals surface area contributed by atoms with E-state index in [0.29, 0.717) is 6.04 Å². The molecule has 3 aliphatic carbocycles. The third-order valence-corrected chi connectivity index (χ3v) is 4.40. The maximum absolute atomic E-state index is 12.1. The van der Waals surface area contributed by atoms with Crippen molar-refractivity contribution in [1.29, 1.82) is 0 Å². The van der Waals surface area contributed by atoms with E-state index in [2.05, 4.69) is 5.32 Å². The molecule has 3 aliphatic rings. The number of amides is 1. The molecule has 0 saturated heterocycles. The highest BCUT2D eigenvalue weighted by Crippen LogP contribution is 2.41. The molecule has 17 heavy (non-hydrogen) atoms. The van der Waals surface area contributed by atoms with Crippen LogP contribution in [0.25, 0.3) is 0 Å². The van der Waals surface area contributed by atoms with Crippen LogP contribution in [0.15, 0.2) is 30.3 Å². The Bertz CT molecular complexity index is 393. The molecule has 0 aromatic heterocycles. The molecule has 90 valence electrons. The molecule has 2 nitrogen and oxygen atoms in total. The number of hydrogen-bond donors (Lipinski definition) is 1. The van der Waals surface area contributed by atoms with E-state index in [1.54, 1.807) is 0 Å². The number of fused-ring (bicyclic) bond motifs is 3. The van der Waals surface area contributed by atoms with E-state index < -0.39 is 0 Å². The summed E-state index contributed by atoms with van der Waals surface area (Å²) in [7, 11) is 0. The van der Waals surface area contributed by atoms with E-state index in [0.717, 1.165) is 17.4 Å². The molecule has 0 radical (unpaired) electrons. The van der Waals surface area contributed by atoms with E-state index in [9.17, 15) is 4.79 Å². The minimum atomic E-state index is 0.100. The second-order valence-corrected chi connectivity index (χ2v) is 5.46. The Morgan fingerprint density at radius 3 is 2.35 bits per heavy atom. The van der Waals surface area contributed by atoms with Gasteiger partial charge >= 0.3 is 0 Å². The monoisotopic (exact) mass is 229 g/mol. The molecule has 1 amide bonds. The average Bonchev–Trinajstić information content (AvgIpc) is 2.41. The highest BCUT2D eigenvalue weighted by atomic mass is 16.1. The fraction of sp³-hybridized carbons (Fsp3) is 0.533. The Morgan fingerprint density at radius 2 is 1.76 bits per heavy atom. The number of carbonyl (C=O) groups excluding carboxylic acids is 1. The molecule has 0 aliphatic heterocycles. The summed E-state index contributed by atoms with van der Waals surface area (Å²) in [5, 5.41) is 3.23. The maximum atomic E-state index is 12.1. The van der Waals surface area contributed by atoms with Crippen molar-refractivity contribution in [2.45, 2.75) is 38.1 Å². The molecule has 1 aromatic rings. The Balaban J connectivity index is 1.66. The summed E-state index contributed by atoms with van der Waals surface area (Å²) in [5.74, 6) is 1.69. The predicted molar refractivity (Wildman–Crippen MR) is 67.8 cm³/mol. The zero-order valence-corrected chi connectivity index (χ0v) is 10.1. The molecule has 2 bridgehead atoms. The number of rotatable bonds is 2. The summed E-state index contributed by atoms with van der Waals surface area (Å²) in [4.78, 5) is 12.1. The summed E-state index contributed by atoms with van der Waals surface area (Å²) in [6.07, 6.45) is 6.57. The van der Waals surface area contributed by atoms with Crippen molar-refractivity contribution in [3.05, 3.63) is 35.9 Å². The minimum Gasteiger partial charge on any atom is -0.349 e. The molecular formula is C15H19NO. The van der Waals surface area contributed by atoms with Gasteiger partial charge in [-0.15, -0.1) is 0 Å². The zero-order valence-electron chi connectivity index (χ0n) is 10.1.